The summed E-state index contributed by atoms with van der Waals surface area (Å²) < 4.78 is 5.13. The number of aliphatic hydroxyl groups is 1. The van der Waals surface area contributed by atoms with Crippen LogP contribution in [0, 0.1) is 5.92 Å². The highest BCUT2D eigenvalue weighted by molar-refractivity contribution is 5.82. The number of amides is 2. The molecule has 0 unspecified atom stereocenters. The number of benzene rings is 1. The zero-order valence-corrected chi connectivity index (χ0v) is 16.2. The van der Waals surface area contributed by atoms with E-state index < -0.39 is 0 Å². The Morgan fingerprint density at radius 3 is 2.44 bits per heavy atom. The number of carbonyl (C=O) groups is 2. The van der Waals surface area contributed by atoms with Gasteiger partial charge in [0.1, 0.15) is 0 Å². The van der Waals surface area contributed by atoms with Gasteiger partial charge in [-0.05, 0) is 18.4 Å². The molecule has 3 rings (SSSR count). The normalized spacial score (nSPS) is 24.9. The molecule has 148 valence electrons. The van der Waals surface area contributed by atoms with Crippen molar-refractivity contribution in [2.24, 2.45) is 5.92 Å². The van der Waals surface area contributed by atoms with Crippen LogP contribution in [0.25, 0.3) is 0 Å². The first kappa shape index (κ1) is 19.8. The van der Waals surface area contributed by atoms with Crippen molar-refractivity contribution in [2.75, 3.05) is 33.4 Å². The number of methoxy groups -OCH3 is 1. The van der Waals surface area contributed by atoms with E-state index in [1.54, 1.807) is 18.9 Å². The number of carbonyl (C=O) groups excluding carboxylic acids is 2. The molecule has 6 heteroatoms. The van der Waals surface area contributed by atoms with Gasteiger partial charge in [-0.3, -0.25) is 9.59 Å². The highest BCUT2D eigenvalue weighted by Crippen LogP contribution is 2.43. The van der Waals surface area contributed by atoms with Crippen molar-refractivity contribution < 1.29 is 19.4 Å². The van der Waals surface area contributed by atoms with Crippen LogP contribution < -0.4 is 0 Å². The quantitative estimate of drug-likeness (QED) is 0.751. The fourth-order valence-electron chi connectivity index (χ4n) is 4.27. The second-order valence-corrected chi connectivity index (χ2v) is 7.58. The lowest BCUT2D eigenvalue weighted by Crippen LogP contribution is -2.70. The fraction of sp³-hybridized carbons (Fsp3) is 0.619. The highest BCUT2D eigenvalue weighted by Gasteiger charge is 2.53. The van der Waals surface area contributed by atoms with Gasteiger partial charge in [0, 0.05) is 39.0 Å². The number of ether oxygens (including phenoxy) is 1. The maximum Gasteiger partial charge on any atom is 0.226 e. The smallest absolute Gasteiger partial charge is 0.226 e. The molecule has 0 bridgehead atoms. The zero-order valence-electron chi connectivity index (χ0n) is 16.2. The van der Waals surface area contributed by atoms with Crippen molar-refractivity contribution >= 4 is 11.8 Å². The summed E-state index contributed by atoms with van der Waals surface area (Å²) in [6.45, 7) is 2.91. The average Bonchev–Trinajstić information content (AvgIpc) is 2.59. The van der Waals surface area contributed by atoms with Crippen LogP contribution in [-0.2, 0) is 14.3 Å². The molecule has 2 fully saturated rings. The van der Waals surface area contributed by atoms with Gasteiger partial charge in [0.2, 0.25) is 11.8 Å². The Bertz CT molecular complexity index is 647. The van der Waals surface area contributed by atoms with Crippen LogP contribution in [0.5, 0.6) is 0 Å². The Hall–Kier alpha value is -1.92. The Balaban J connectivity index is 1.84. The van der Waals surface area contributed by atoms with Crippen LogP contribution in [0.1, 0.15) is 37.7 Å². The van der Waals surface area contributed by atoms with E-state index in [0.29, 0.717) is 19.7 Å². The fourth-order valence-corrected chi connectivity index (χ4v) is 4.27. The monoisotopic (exact) mass is 374 g/mol. The molecule has 1 saturated heterocycles. The molecule has 1 aliphatic carbocycles. The van der Waals surface area contributed by atoms with E-state index in [4.69, 9.17) is 4.74 Å². The van der Waals surface area contributed by atoms with Gasteiger partial charge in [0.05, 0.1) is 25.3 Å². The summed E-state index contributed by atoms with van der Waals surface area (Å²) in [5.41, 5.74) is 1.11. The van der Waals surface area contributed by atoms with Crippen molar-refractivity contribution in [2.45, 2.75) is 44.2 Å². The molecule has 27 heavy (non-hydrogen) atoms. The van der Waals surface area contributed by atoms with Gasteiger partial charge in [0.15, 0.2) is 0 Å². The van der Waals surface area contributed by atoms with Gasteiger partial charge < -0.3 is 19.6 Å². The third kappa shape index (κ3) is 4.01. The second kappa shape index (κ2) is 8.85. The third-order valence-electron chi connectivity index (χ3n) is 6.04. The second-order valence-electron chi connectivity index (χ2n) is 7.58. The van der Waals surface area contributed by atoms with Crippen molar-refractivity contribution in [3.8, 4) is 0 Å². The molecule has 0 aromatic heterocycles. The van der Waals surface area contributed by atoms with E-state index in [0.717, 1.165) is 24.8 Å². The number of aliphatic hydroxyl groups excluding tert-OH is 1. The zero-order chi connectivity index (χ0) is 19.4. The molecule has 2 amide bonds. The molecule has 1 N–H and O–H groups in total. The number of hydrogen-bond acceptors (Lipinski definition) is 4. The minimum Gasteiger partial charge on any atom is -0.394 e. The summed E-state index contributed by atoms with van der Waals surface area (Å²) in [6.07, 6.45) is 2.95. The summed E-state index contributed by atoms with van der Waals surface area (Å²) in [5.74, 6) is 0.211. The maximum absolute atomic E-state index is 13.0. The summed E-state index contributed by atoms with van der Waals surface area (Å²) in [5, 5.41) is 10.0. The lowest BCUT2D eigenvalue weighted by Gasteiger charge is -2.57. The van der Waals surface area contributed by atoms with Gasteiger partial charge in [-0.1, -0.05) is 36.8 Å². The van der Waals surface area contributed by atoms with Crippen LogP contribution in [-0.4, -0.2) is 72.2 Å². The average molecular weight is 374 g/mol. The van der Waals surface area contributed by atoms with Crippen LogP contribution in [0.3, 0.4) is 0 Å². The van der Waals surface area contributed by atoms with Crippen LogP contribution in [0.4, 0.5) is 0 Å². The van der Waals surface area contributed by atoms with Gasteiger partial charge in [-0.2, -0.15) is 0 Å². The van der Waals surface area contributed by atoms with Crippen LogP contribution >= 0.6 is 0 Å². The first-order valence-electron chi connectivity index (χ1n) is 9.81. The van der Waals surface area contributed by atoms with Gasteiger partial charge >= 0.3 is 0 Å². The minimum atomic E-state index is -0.221. The molecule has 3 atom stereocenters. The van der Waals surface area contributed by atoms with E-state index in [2.05, 4.69) is 0 Å². The van der Waals surface area contributed by atoms with Gasteiger partial charge in [0.25, 0.3) is 0 Å². The van der Waals surface area contributed by atoms with Crippen LogP contribution in [0.15, 0.2) is 30.3 Å². The number of hydrogen-bond donors (Lipinski definition) is 1. The van der Waals surface area contributed by atoms with Crippen LogP contribution in [0.2, 0.25) is 0 Å². The first-order chi connectivity index (χ1) is 13.1. The summed E-state index contributed by atoms with van der Waals surface area (Å²) in [7, 11) is 1.61. The lowest BCUT2D eigenvalue weighted by molar-refractivity contribution is -0.161. The van der Waals surface area contributed by atoms with Gasteiger partial charge in [-0.15, -0.1) is 0 Å². The molecule has 1 aromatic rings. The molecule has 1 saturated carbocycles. The molecular formula is C21H30N2O4. The SMILES string of the molecule is COCCN(C[C@H]1[C@H](c2ccccc2)[C@@H](CO)N1C(=O)C1CCC1)C(C)=O. The number of rotatable bonds is 8. The standard InChI is InChI=1S/C21H30N2O4/c1-15(25)22(11-12-27-2)13-18-20(16-7-4-3-5-8-16)19(14-24)23(18)21(26)17-9-6-10-17/h3-5,7-8,17-20,24H,6,9-14H2,1-2H3/t18-,19+,20-/m0/s1. The predicted molar refractivity (Wildman–Crippen MR) is 102 cm³/mol. The third-order valence-corrected chi connectivity index (χ3v) is 6.04. The lowest BCUT2D eigenvalue weighted by atomic mass is 9.72. The van der Waals surface area contributed by atoms with E-state index in [-0.39, 0.29) is 42.3 Å². The van der Waals surface area contributed by atoms with Crippen molar-refractivity contribution in [1.29, 1.82) is 0 Å². The topological polar surface area (TPSA) is 70.1 Å². The largest absolute Gasteiger partial charge is 0.394 e. The Morgan fingerprint density at radius 2 is 1.93 bits per heavy atom. The number of nitrogens with zero attached hydrogens (tertiary/aromatic N) is 2. The van der Waals surface area contributed by atoms with Crippen molar-refractivity contribution in [3.63, 3.8) is 0 Å². The highest BCUT2D eigenvalue weighted by atomic mass is 16.5. The molecular weight excluding hydrogens is 344 g/mol. The Labute approximate surface area is 161 Å². The van der Waals surface area contributed by atoms with E-state index in [1.807, 2.05) is 35.2 Å². The minimum absolute atomic E-state index is 0.0256. The Kier molecular flexibility index (Phi) is 6.50. The summed E-state index contributed by atoms with van der Waals surface area (Å²) >= 11 is 0. The summed E-state index contributed by atoms with van der Waals surface area (Å²) in [4.78, 5) is 28.7. The van der Waals surface area contributed by atoms with E-state index >= 15 is 0 Å². The van der Waals surface area contributed by atoms with Crippen molar-refractivity contribution in [1.82, 2.24) is 9.80 Å². The molecule has 1 aliphatic heterocycles. The Morgan fingerprint density at radius 1 is 1.22 bits per heavy atom. The number of likely N-dealkylation sites (tertiary alicyclic amines) is 1. The van der Waals surface area contributed by atoms with Crippen molar-refractivity contribution in [3.05, 3.63) is 35.9 Å². The maximum atomic E-state index is 13.0. The molecule has 0 spiro atoms. The van der Waals surface area contributed by atoms with Gasteiger partial charge in [-0.25, -0.2) is 0 Å². The van der Waals surface area contributed by atoms with E-state index in [1.165, 1.54) is 0 Å². The first-order valence-corrected chi connectivity index (χ1v) is 9.81. The molecule has 6 nitrogen and oxygen atoms in total. The summed E-state index contributed by atoms with van der Waals surface area (Å²) in [6, 6.07) is 9.66. The van der Waals surface area contributed by atoms with E-state index in [9.17, 15) is 14.7 Å². The molecule has 0 radical (unpaired) electrons. The molecule has 2 aliphatic rings. The molecule has 1 heterocycles. The predicted octanol–water partition coefficient (Wildman–Crippen LogP) is 1.64. The molecule has 1 aromatic carbocycles.